The largest absolute Gasteiger partial charge is 0.495 e. The summed E-state index contributed by atoms with van der Waals surface area (Å²) in [5.41, 5.74) is 0.706. The lowest BCUT2D eigenvalue weighted by atomic mass is 10.1. The van der Waals surface area contributed by atoms with E-state index < -0.39 is 11.9 Å². The van der Waals surface area contributed by atoms with Crippen LogP contribution in [-0.4, -0.2) is 36.9 Å². The van der Waals surface area contributed by atoms with Crippen LogP contribution >= 0.6 is 11.6 Å². The summed E-state index contributed by atoms with van der Waals surface area (Å²) in [6.07, 6.45) is 0.0133. The summed E-state index contributed by atoms with van der Waals surface area (Å²) in [5, 5.41) is 0.287. The van der Waals surface area contributed by atoms with Crippen LogP contribution in [0.3, 0.4) is 0 Å². The monoisotopic (exact) mass is 376 g/mol. The molecule has 1 aliphatic rings. The lowest BCUT2D eigenvalue weighted by molar-refractivity contribution is -0.122. The van der Waals surface area contributed by atoms with Crippen molar-refractivity contribution in [2.75, 3.05) is 19.1 Å². The molecule has 1 saturated heterocycles. The van der Waals surface area contributed by atoms with Crippen molar-refractivity contribution >= 4 is 29.1 Å². The fraction of sp³-hybridized carbons (Fsp3) is 0.263. The number of nitrogens with zero attached hydrogens (tertiary/aromatic N) is 2. The topological polar surface area (TPSA) is 49.9 Å². The highest BCUT2D eigenvalue weighted by molar-refractivity contribution is 6.31. The van der Waals surface area contributed by atoms with E-state index in [4.69, 9.17) is 16.3 Å². The molecule has 0 aromatic heterocycles. The van der Waals surface area contributed by atoms with E-state index in [1.165, 1.54) is 19.2 Å². The van der Waals surface area contributed by atoms with Gasteiger partial charge in [0.15, 0.2) is 0 Å². The second kappa shape index (κ2) is 7.43. The first kappa shape index (κ1) is 18.4. The van der Waals surface area contributed by atoms with E-state index >= 15 is 0 Å². The third-order valence-corrected chi connectivity index (χ3v) is 4.80. The Kier molecular flexibility index (Phi) is 5.25. The van der Waals surface area contributed by atoms with Gasteiger partial charge in [-0.15, -0.1) is 0 Å². The SMILES string of the molecule is COc1ccccc1N1C(=O)C[C@H](N(C)Cc2c(F)cccc2Cl)C1=O. The number of ether oxygens (including phenoxy) is 1. The quantitative estimate of drug-likeness (QED) is 0.752. The Morgan fingerprint density at radius 2 is 1.96 bits per heavy atom. The first-order chi connectivity index (χ1) is 12.4. The molecule has 0 spiro atoms. The molecule has 1 heterocycles. The summed E-state index contributed by atoms with van der Waals surface area (Å²) in [6.45, 7) is 0.120. The van der Waals surface area contributed by atoms with Gasteiger partial charge in [0, 0.05) is 17.1 Å². The van der Waals surface area contributed by atoms with Crippen molar-refractivity contribution in [3.05, 3.63) is 58.9 Å². The Balaban J connectivity index is 1.84. The van der Waals surface area contributed by atoms with Crippen molar-refractivity contribution in [3.8, 4) is 5.75 Å². The van der Waals surface area contributed by atoms with Crippen molar-refractivity contribution in [2.24, 2.45) is 0 Å². The second-order valence-electron chi connectivity index (χ2n) is 6.07. The zero-order chi connectivity index (χ0) is 18.8. The summed E-state index contributed by atoms with van der Waals surface area (Å²) >= 11 is 6.06. The number of likely N-dealkylation sites (N-methyl/N-ethyl adjacent to an activating group) is 1. The number of hydrogen-bond acceptors (Lipinski definition) is 4. The van der Waals surface area contributed by atoms with Crippen molar-refractivity contribution in [1.29, 1.82) is 0 Å². The Hall–Kier alpha value is -2.44. The molecule has 136 valence electrons. The van der Waals surface area contributed by atoms with Gasteiger partial charge in [0.05, 0.1) is 25.3 Å². The predicted molar refractivity (Wildman–Crippen MR) is 96.8 cm³/mol. The molecule has 0 saturated carbocycles. The van der Waals surface area contributed by atoms with E-state index in [0.717, 1.165) is 4.90 Å². The zero-order valence-corrected chi connectivity index (χ0v) is 15.2. The van der Waals surface area contributed by atoms with Crippen LogP contribution in [-0.2, 0) is 16.1 Å². The number of benzene rings is 2. The molecule has 0 unspecified atom stereocenters. The van der Waals surface area contributed by atoms with Crippen LogP contribution in [0, 0.1) is 5.82 Å². The fourth-order valence-electron chi connectivity index (χ4n) is 3.07. The van der Waals surface area contributed by atoms with E-state index in [2.05, 4.69) is 0 Å². The standard InChI is InChI=1S/C19H18ClFN2O3/c1-22(11-12-13(20)6-5-7-14(12)21)16-10-18(24)23(19(16)25)15-8-3-4-9-17(15)26-2/h3-9,16H,10-11H2,1-2H3/t16-/m0/s1. The minimum Gasteiger partial charge on any atom is -0.495 e. The van der Waals surface area contributed by atoms with Gasteiger partial charge in [-0.25, -0.2) is 9.29 Å². The maximum atomic E-state index is 14.0. The third kappa shape index (κ3) is 3.30. The molecule has 0 radical (unpaired) electrons. The minimum atomic E-state index is -0.692. The molecule has 1 atom stereocenters. The molecule has 5 nitrogen and oxygen atoms in total. The smallest absolute Gasteiger partial charge is 0.251 e. The van der Waals surface area contributed by atoms with Gasteiger partial charge in [0.1, 0.15) is 11.6 Å². The van der Waals surface area contributed by atoms with Gasteiger partial charge in [0.2, 0.25) is 5.91 Å². The van der Waals surface area contributed by atoms with Crippen LogP contribution in [0.25, 0.3) is 0 Å². The van der Waals surface area contributed by atoms with E-state index in [9.17, 15) is 14.0 Å². The van der Waals surface area contributed by atoms with Crippen molar-refractivity contribution in [1.82, 2.24) is 4.90 Å². The number of carbonyl (C=O) groups excluding carboxylic acids is 2. The Bertz CT molecular complexity index is 838. The third-order valence-electron chi connectivity index (χ3n) is 4.45. The van der Waals surface area contributed by atoms with Gasteiger partial charge in [-0.2, -0.15) is 0 Å². The zero-order valence-electron chi connectivity index (χ0n) is 14.4. The van der Waals surface area contributed by atoms with Gasteiger partial charge in [-0.05, 0) is 31.3 Å². The lowest BCUT2D eigenvalue weighted by Gasteiger charge is -2.24. The van der Waals surface area contributed by atoms with Crippen molar-refractivity contribution in [3.63, 3.8) is 0 Å². The van der Waals surface area contributed by atoms with E-state index in [1.807, 2.05) is 0 Å². The molecule has 1 aliphatic heterocycles. The average Bonchev–Trinajstić information content (AvgIpc) is 2.92. The van der Waals surface area contributed by atoms with Crippen LogP contribution in [0.1, 0.15) is 12.0 Å². The molecule has 7 heteroatoms. The van der Waals surface area contributed by atoms with Crippen LogP contribution in [0.4, 0.5) is 10.1 Å². The van der Waals surface area contributed by atoms with Gasteiger partial charge in [0.25, 0.3) is 5.91 Å². The molecule has 2 amide bonds. The van der Waals surface area contributed by atoms with Crippen molar-refractivity contribution < 1.29 is 18.7 Å². The molecule has 1 fully saturated rings. The number of para-hydroxylation sites is 2. The Morgan fingerprint density at radius 1 is 1.23 bits per heavy atom. The highest BCUT2D eigenvalue weighted by atomic mass is 35.5. The van der Waals surface area contributed by atoms with Gasteiger partial charge in [-0.1, -0.05) is 29.8 Å². The first-order valence-electron chi connectivity index (χ1n) is 8.07. The van der Waals surface area contributed by atoms with Crippen LogP contribution in [0.15, 0.2) is 42.5 Å². The van der Waals surface area contributed by atoms with Gasteiger partial charge in [-0.3, -0.25) is 14.5 Å². The molecule has 0 aliphatic carbocycles. The second-order valence-corrected chi connectivity index (χ2v) is 6.48. The van der Waals surface area contributed by atoms with Crippen LogP contribution in [0.5, 0.6) is 5.75 Å². The number of rotatable bonds is 5. The molecule has 2 aromatic rings. The first-order valence-corrected chi connectivity index (χ1v) is 8.44. The molecule has 2 aromatic carbocycles. The lowest BCUT2D eigenvalue weighted by Crippen LogP contribution is -2.40. The fourth-order valence-corrected chi connectivity index (χ4v) is 3.29. The number of anilines is 1. The summed E-state index contributed by atoms with van der Waals surface area (Å²) in [7, 11) is 3.15. The van der Waals surface area contributed by atoms with Crippen LogP contribution in [0.2, 0.25) is 5.02 Å². The number of hydrogen-bond donors (Lipinski definition) is 0. The predicted octanol–water partition coefficient (Wildman–Crippen LogP) is 3.25. The average molecular weight is 377 g/mol. The summed E-state index contributed by atoms with van der Waals surface area (Å²) in [6, 6.07) is 10.6. The molecule has 0 N–H and O–H groups in total. The number of halogens is 2. The molecule has 26 heavy (non-hydrogen) atoms. The molecular formula is C19H18ClFN2O3. The van der Waals surface area contributed by atoms with E-state index in [1.54, 1.807) is 42.3 Å². The Morgan fingerprint density at radius 3 is 2.65 bits per heavy atom. The number of amides is 2. The van der Waals surface area contributed by atoms with Crippen molar-refractivity contribution in [2.45, 2.75) is 19.0 Å². The minimum absolute atomic E-state index is 0.0133. The summed E-state index contributed by atoms with van der Waals surface area (Å²) in [4.78, 5) is 28.1. The number of imide groups is 1. The molecule has 0 bridgehead atoms. The van der Waals surface area contributed by atoms with E-state index in [-0.39, 0.29) is 29.8 Å². The number of methoxy groups -OCH3 is 1. The number of carbonyl (C=O) groups is 2. The van der Waals surface area contributed by atoms with Crippen LogP contribution < -0.4 is 9.64 Å². The normalized spacial score (nSPS) is 17.3. The molecule has 3 rings (SSSR count). The van der Waals surface area contributed by atoms with E-state index in [0.29, 0.717) is 17.0 Å². The highest BCUT2D eigenvalue weighted by Gasteiger charge is 2.42. The molecular weight excluding hydrogens is 359 g/mol. The summed E-state index contributed by atoms with van der Waals surface area (Å²) < 4.78 is 19.3. The summed E-state index contributed by atoms with van der Waals surface area (Å²) in [5.74, 6) is -0.692. The van der Waals surface area contributed by atoms with Gasteiger partial charge >= 0.3 is 0 Å². The van der Waals surface area contributed by atoms with Gasteiger partial charge < -0.3 is 4.74 Å². The maximum absolute atomic E-state index is 14.0. The maximum Gasteiger partial charge on any atom is 0.251 e. The Labute approximate surface area is 155 Å². The highest BCUT2D eigenvalue weighted by Crippen LogP contribution is 2.33.